The molecular weight excluding hydrogens is 364 g/mol. The van der Waals surface area contributed by atoms with Crippen LogP contribution in [-0.2, 0) is 10.0 Å². The fourth-order valence-corrected chi connectivity index (χ4v) is 4.36. The lowest BCUT2D eigenvalue weighted by Crippen LogP contribution is -2.43. The number of rotatable bonds is 6. The number of piperidine rings is 1. The van der Waals surface area contributed by atoms with Crippen molar-refractivity contribution >= 4 is 15.9 Å². The Bertz CT molecular complexity index is 867. The van der Waals surface area contributed by atoms with Gasteiger partial charge in [0.2, 0.25) is 10.0 Å². The molecule has 1 heterocycles. The van der Waals surface area contributed by atoms with Gasteiger partial charge in [0.25, 0.3) is 5.91 Å². The Morgan fingerprint density at radius 1 is 1.15 bits per heavy atom. The maximum atomic E-state index is 12.6. The fourth-order valence-electron chi connectivity index (χ4n) is 3.25. The van der Waals surface area contributed by atoms with Crippen LogP contribution in [0.15, 0.2) is 59.5 Å². The molecule has 1 N–H and O–H groups in total. The smallest absolute Gasteiger partial charge is 0.253 e. The van der Waals surface area contributed by atoms with E-state index >= 15 is 0 Å². The Balaban J connectivity index is 1.59. The molecule has 1 fully saturated rings. The molecule has 1 atom stereocenters. The molecule has 0 aromatic heterocycles. The van der Waals surface area contributed by atoms with Crippen LogP contribution in [0.2, 0.25) is 0 Å². The van der Waals surface area contributed by atoms with Crippen LogP contribution in [0.25, 0.3) is 0 Å². The summed E-state index contributed by atoms with van der Waals surface area (Å²) in [7, 11) is -2.05. The SMILES string of the molecule is COc1ccc(S(=O)(=O)NC[C@H]2CCCN(C(=O)c3ccccc3)C2)cc1. The van der Waals surface area contributed by atoms with Gasteiger partial charge in [-0.15, -0.1) is 0 Å². The molecule has 2 aromatic carbocycles. The minimum absolute atomic E-state index is 0.00156. The van der Waals surface area contributed by atoms with Gasteiger partial charge in [0.1, 0.15) is 5.75 Å². The predicted octanol–water partition coefficient (Wildman–Crippen LogP) is 2.53. The quantitative estimate of drug-likeness (QED) is 0.825. The molecule has 0 aliphatic carbocycles. The number of likely N-dealkylation sites (tertiary alicyclic amines) is 1. The van der Waals surface area contributed by atoms with Gasteiger partial charge in [-0.3, -0.25) is 4.79 Å². The van der Waals surface area contributed by atoms with Crippen LogP contribution >= 0.6 is 0 Å². The van der Waals surface area contributed by atoms with E-state index in [1.165, 1.54) is 19.2 Å². The zero-order valence-electron chi connectivity index (χ0n) is 15.3. The molecule has 1 aliphatic rings. The van der Waals surface area contributed by atoms with Crippen molar-refractivity contribution in [1.82, 2.24) is 9.62 Å². The molecular formula is C20H24N2O4S. The van der Waals surface area contributed by atoms with Crippen molar-refractivity contribution in [1.29, 1.82) is 0 Å². The summed E-state index contributed by atoms with van der Waals surface area (Å²) in [6, 6.07) is 15.5. The van der Waals surface area contributed by atoms with Gasteiger partial charge in [-0.1, -0.05) is 18.2 Å². The number of sulfonamides is 1. The molecule has 3 rings (SSSR count). The van der Waals surface area contributed by atoms with Crippen molar-refractivity contribution in [3.05, 3.63) is 60.2 Å². The average Bonchev–Trinajstić information content (AvgIpc) is 2.72. The van der Waals surface area contributed by atoms with Crippen molar-refractivity contribution < 1.29 is 17.9 Å². The first kappa shape index (κ1) is 19.4. The summed E-state index contributed by atoms with van der Waals surface area (Å²) in [5.74, 6) is 0.703. The fraction of sp³-hybridized carbons (Fsp3) is 0.350. The van der Waals surface area contributed by atoms with E-state index in [1.54, 1.807) is 24.3 Å². The summed E-state index contributed by atoms with van der Waals surface area (Å²) in [5, 5.41) is 0. The number of carbonyl (C=O) groups is 1. The van der Waals surface area contributed by atoms with Crippen LogP contribution < -0.4 is 9.46 Å². The first-order valence-corrected chi connectivity index (χ1v) is 10.5. The monoisotopic (exact) mass is 388 g/mol. The number of ether oxygens (including phenoxy) is 1. The van der Waals surface area contributed by atoms with Crippen molar-refractivity contribution in [2.45, 2.75) is 17.7 Å². The minimum atomic E-state index is -3.58. The van der Waals surface area contributed by atoms with Crippen LogP contribution in [-0.4, -0.2) is 46.0 Å². The van der Waals surface area contributed by atoms with Crippen molar-refractivity contribution in [3.63, 3.8) is 0 Å². The van der Waals surface area contributed by atoms with E-state index in [4.69, 9.17) is 4.74 Å². The minimum Gasteiger partial charge on any atom is -0.497 e. The standard InChI is InChI=1S/C20H24N2O4S/c1-26-18-9-11-19(12-10-18)27(24,25)21-14-16-6-5-13-22(15-16)20(23)17-7-3-2-4-8-17/h2-4,7-12,16,21H,5-6,13-15H2,1H3/t16-/m1/s1. The van der Waals surface area contributed by atoms with Gasteiger partial charge < -0.3 is 9.64 Å². The second-order valence-corrected chi connectivity index (χ2v) is 8.42. The molecule has 0 radical (unpaired) electrons. The maximum absolute atomic E-state index is 12.6. The van der Waals surface area contributed by atoms with Crippen molar-refractivity contribution in [2.75, 3.05) is 26.7 Å². The highest BCUT2D eigenvalue weighted by Gasteiger charge is 2.26. The zero-order valence-corrected chi connectivity index (χ0v) is 16.1. The third-order valence-electron chi connectivity index (χ3n) is 4.76. The van der Waals surface area contributed by atoms with E-state index in [0.29, 0.717) is 30.9 Å². The number of nitrogens with zero attached hydrogens (tertiary/aromatic N) is 1. The molecule has 1 amide bonds. The lowest BCUT2D eigenvalue weighted by atomic mass is 9.97. The second kappa shape index (κ2) is 8.54. The summed E-state index contributed by atoms with van der Waals surface area (Å²) in [5.41, 5.74) is 0.664. The normalized spacial score (nSPS) is 17.5. The molecule has 6 nitrogen and oxygen atoms in total. The zero-order chi connectivity index (χ0) is 19.3. The summed E-state index contributed by atoms with van der Waals surface area (Å²) in [4.78, 5) is 14.6. The lowest BCUT2D eigenvalue weighted by Gasteiger charge is -2.33. The summed E-state index contributed by atoms with van der Waals surface area (Å²) in [6.45, 7) is 1.57. The van der Waals surface area contributed by atoms with E-state index in [-0.39, 0.29) is 16.7 Å². The van der Waals surface area contributed by atoms with E-state index in [9.17, 15) is 13.2 Å². The van der Waals surface area contributed by atoms with Gasteiger partial charge in [-0.05, 0) is 55.2 Å². The highest BCUT2D eigenvalue weighted by Crippen LogP contribution is 2.20. The van der Waals surface area contributed by atoms with Gasteiger partial charge in [-0.25, -0.2) is 13.1 Å². The number of benzene rings is 2. The number of carbonyl (C=O) groups excluding carboxylic acids is 1. The average molecular weight is 388 g/mol. The van der Waals surface area contributed by atoms with Crippen LogP contribution in [0.1, 0.15) is 23.2 Å². The largest absolute Gasteiger partial charge is 0.497 e. The van der Waals surface area contributed by atoms with Crippen LogP contribution in [0.4, 0.5) is 0 Å². The van der Waals surface area contributed by atoms with E-state index in [0.717, 1.165) is 12.8 Å². The molecule has 2 aromatic rings. The molecule has 1 aliphatic heterocycles. The number of amides is 1. The van der Waals surface area contributed by atoms with Gasteiger partial charge >= 0.3 is 0 Å². The van der Waals surface area contributed by atoms with E-state index in [2.05, 4.69) is 4.72 Å². The third-order valence-corrected chi connectivity index (χ3v) is 6.20. The number of hydrogen-bond donors (Lipinski definition) is 1. The van der Waals surface area contributed by atoms with Crippen LogP contribution in [0, 0.1) is 5.92 Å². The molecule has 27 heavy (non-hydrogen) atoms. The third kappa shape index (κ3) is 4.87. The molecule has 1 saturated heterocycles. The van der Waals surface area contributed by atoms with Gasteiger partial charge in [0.15, 0.2) is 0 Å². The Kier molecular flexibility index (Phi) is 6.13. The van der Waals surface area contributed by atoms with Crippen LogP contribution in [0.3, 0.4) is 0 Å². The first-order valence-electron chi connectivity index (χ1n) is 8.97. The van der Waals surface area contributed by atoms with Gasteiger partial charge in [0.05, 0.1) is 12.0 Å². The van der Waals surface area contributed by atoms with Crippen LogP contribution in [0.5, 0.6) is 5.75 Å². The maximum Gasteiger partial charge on any atom is 0.253 e. The highest BCUT2D eigenvalue weighted by atomic mass is 32.2. The van der Waals surface area contributed by atoms with Gasteiger partial charge in [0, 0.05) is 25.2 Å². The van der Waals surface area contributed by atoms with E-state index < -0.39 is 10.0 Å². The Morgan fingerprint density at radius 2 is 1.85 bits per heavy atom. The Labute approximate surface area is 160 Å². The molecule has 0 saturated carbocycles. The van der Waals surface area contributed by atoms with Gasteiger partial charge in [-0.2, -0.15) is 0 Å². The van der Waals surface area contributed by atoms with Crippen molar-refractivity contribution in [2.24, 2.45) is 5.92 Å². The molecule has 0 unspecified atom stereocenters. The Hall–Kier alpha value is -2.38. The summed E-state index contributed by atoms with van der Waals surface area (Å²) < 4.78 is 32.7. The number of hydrogen-bond acceptors (Lipinski definition) is 4. The topological polar surface area (TPSA) is 75.7 Å². The Morgan fingerprint density at radius 3 is 2.52 bits per heavy atom. The summed E-state index contributed by atoms with van der Waals surface area (Å²) in [6.07, 6.45) is 1.76. The van der Waals surface area contributed by atoms with Crippen molar-refractivity contribution in [3.8, 4) is 5.75 Å². The summed E-state index contributed by atoms with van der Waals surface area (Å²) >= 11 is 0. The number of methoxy groups -OCH3 is 1. The van der Waals surface area contributed by atoms with E-state index in [1.807, 2.05) is 23.1 Å². The first-order chi connectivity index (χ1) is 13.0. The molecule has 7 heteroatoms. The molecule has 0 spiro atoms. The molecule has 0 bridgehead atoms. The molecule has 144 valence electrons. The lowest BCUT2D eigenvalue weighted by molar-refractivity contribution is 0.0676. The number of nitrogens with one attached hydrogen (secondary N) is 1. The second-order valence-electron chi connectivity index (χ2n) is 6.65. The highest BCUT2D eigenvalue weighted by molar-refractivity contribution is 7.89. The predicted molar refractivity (Wildman–Crippen MR) is 103 cm³/mol.